The molecule has 29 heavy (non-hydrogen) atoms. The molecule has 2 aliphatic rings. The molecule has 1 N–H and O–H groups in total. The molecular weight excluding hydrogens is 370 g/mol. The Bertz CT molecular complexity index is 798. The molecule has 2 aliphatic heterocycles. The van der Waals surface area contributed by atoms with E-state index in [4.69, 9.17) is 19.2 Å². The van der Waals surface area contributed by atoms with E-state index < -0.39 is 0 Å². The number of nitrogens with zero attached hydrogens (tertiary/aromatic N) is 6. The van der Waals surface area contributed by atoms with Gasteiger partial charge in [0.15, 0.2) is 5.82 Å². The summed E-state index contributed by atoms with van der Waals surface area (Å²) in [6, 6.07) is 2.63. The van der Waals surface area contributed by atoms with Gasteiger partial charge in [-0.2, -0.15) is 9.97 Å². The van der Waals surface area contributed by atoms with Crippen LogP contribution in [0.25, 0.3) is 0 Å². The number of hydrogen-bond donors (Lipinski definition) is 1. The predicted octanol–water partition coefficient (Wildman–Crippen LogP) is 1.89. The Morgan fingerprint density at radius 3 is 2.52 bits per heavy atom. The molecule has 4 heterocycles. The smallest absolute Gasteiger partial charge is 0.243 e. The summed E-state index contributed by atoms with van der Waals surface area (Å²) in [7, 11) is 0. The number of aryl methyl sites for hydroxylation is 2. The molecule has 0 aromatic carbocycles. The maximum absolute atomic E-state index is 5.47. The van der Waals surface area contributed by atoms with Gasteiger partial charge in [0, 0.05) is 44.0 Å². The number of ether oxygens (including phenoxy) is 1. The Morgan fingerprint density at radius 1 is 1.10 bits per heavy atom. The zero-order chi connectivity index (χ0) is 20.2. The molecule has 4 rings (SSSR count). The van der Waals surface area contributed by atoms with Crippen molar-refractivity contribution in [1.29, 1.82) is 0 Å². The SMILES string of the molecule is CCc1cc(N2CCC(N[C@H](C)c3nc(C)no3)CC2)nc(N2CCOCC2)n1. The average Bonchev–Trinajstić information content (AvgIpc) is 3.21. The van der Waals surface area contributed by atoms with E-state index in [2.05, 4.69) is 45.2 Å². The van der Waals surface area contributed by atoms with Gasteiger partial charge in [0.05, 0.1) is 19.3 Å². The van der Waals surface area contributed by atoms with Crippen LogP contribution in [0.3, 0.4) is 0 Å². The van der Waals surface area contributed by atoms with Gasteiger partial charge >= 0.3 is 0 Å². The highest BCUT2D eigenvalue weighted by Crippen LogP contribution is 2.23. The number of rotatable bonds is 6. The molecule has 9 heteroatoms. The van der Waals surface area contributed by atoms with Gasteiger partial charge in [-0.05, 0) is 33.1 Å². The topological polar surface area (TPSA) is 92.4 Å². The second kappa shape index (κ2) is 9.04. The van der Waals surface area contributed by atoms with Crippen LogP contribution in [0.2, 0.25) is 0 Å². The van der Waals surface area contributed by atoms with Crippen molar-refractivity contribution in [2.75, 3.05) is 49.2 Å². The predicted molar refractivity (Wildman–Crippen MR) is 110 cm³/mol. The van der Waals surface area contributed by atoms with Gasteiger partial charge < -0.3 is 24.4 Å². The van der Waals surface area contributed by atoms with Crippen LogP contribution >= 0.6 is 0 Å². The lowest BCUT2D eigenvalue weighted by Gasteiger charge is -2.35. The average molecular weight is 402 g/mol. The molecule has 158 valence electrons. The highest BCUT2D eigenvalue weighted by molar-refractivity contribution is 5.46. The van der Waals surface area contributed by atoms with E-state index in [1.807, 2.05) is 6.92 Å². The molecule has 2 aromatic heterocycles. The highest BCUT2D eigenvalue weighted by atomic mass is 16.5. The summed E-state index contributed by atoms with van der Waals surface area (Å²) in [6.07, 6.45) is 3.01. The van der Waals surface area contributed by atoms with Crippen LogP contribution in [0.5, 0.6) is 0 Å². The molecule has 0 amide bonds. The zero-order valence-electron chi connectivity index (χ0n) is 17.6. The summed E-state index contributed by atoms with van der Waals surface area (Å²) in [5.41, 5.74) is 1.09. The van der Waals surface area contributed by atoms with Gasteiger partial charge in [-0.15, -0.1) is 0 Å². The van der Waals surface area contributed by atoms with Crippen LogP contribution in [0.1, 0.15) is 50.1 Å². The van der Waals surface area contributed by atoms with Crippen molar-refractivity contribution in [2.24, 2.45) is 0 Å². The maximum atomic E-state index is 5.47. The van der Waals surface area contributed by atoms with Crippen molar-refractivity contribution in [3.8, 4) is 0 Å². The lowest BCUT2D eigenvalue weighted by atomic mass is 10.0. The van der Waals surface area contributed by atoms with Crippen molar-refractivity contribution in [2.45, 2.75) is 52.1 Å². The molecule has 0 radical (unpaired) electrons. The first-order valence-corrected chi connectivity index (χ1v) is 10.6. The zero-order valence-corrected chi connectivity index (χ0v) is 17.6. The second-order valence-electron chi connectivity index (χ2n) is 7.80. The molecular formula is C20H31N7O2. The summed E-state index contributed by atoms with van der Waals surface area (Å²) in [5.74, 6) is 3.21. The third-order valence-corrected chi connectivity index (χ3v) is 5.63. The van der Waals surface area contributed by atoms with Crippen molar-refractivity contribution in [1.82, 2.24) is 25.4 Å². The molecule has 2 aromatic rings. The summed E-state index contributed by atoms with van der Waals surface area (Å²) in [4.78, 5) is 18.6. The number of piperidine rings is 1. The van der Waals surface area contributed by atoms with Crippen LogP contribution < -0.4 is 15.1 Å². The Hall–Kier alpha value is -2.26. The monoisotopic (exact) mass is 401 g/mol. The molecule has 0 unspecified atom stereocenters. The van der Waals surface area contributed by atoms with E-state index in [1.54, 1.807) is 0 Å². The quantitative estimate of drug-likeness (QED) is 0.779. The Balaban J connectivity index is 1.38. The van der Waals surface area contributed by atoms with Crippen LogP contribution in [-0.4, -0.2) is 65.5 Å². The highest BCUT2D eigenvalue weighted by Gasteiger charge is 2.25. The number of aromatic nitrogens is 4. The third kappa shape index (κ3) is 4.84. The minimum Gasteiger partial charge on any atom is -0.378 e. The molecule has 1 atom stereocenters. The lowest BCUT2D eigenvalue weighted by molar-refractivity contribution is 0.122. The van der Waals surface area contributed by atoms with E-state index in [0.717, 1.165) is 76.1 Å². The van der Waals surface area contributed by atoms with Gasteiger partial charge in [0.25, 0.3) is 0 Å². The largest absolute Gasteiger partial charge is 0.378 e. The van der Waals surface area contributed by atoms with Gasteiger partial charge in [0.1, 0.15) is 5.82 Å². The number of nitrogens with one attached hydrogen (secondary N) is 1. The Kier molecular flexibility index (Phi) is 6.25. The first kappa shape index (κ1) is 20.0. The van der Waals surface area contributed by atoms with E-state index in [0.29, 0.717) is 17.8 Å². The van der Waals surface area contributed by atoms with Crippen LogP contribution in [0.4, 0.5) is 11.8 Å². The van der Waals surface area contributed by atoms with E-state index in [-0.39, 0.29) is 6.04 Å². The van der Waals surface area contributed by atoms with Gasteiger partial charge in [0.2, 0.25) is 11.8 Å². The van der Waals surface area contributed by atoms with Crippen molar-refractivity contribution in [3.05, 3.63) is 23.5 Å². The minimum absolute atomic E-state index is 0.0615. The molecule has 2 fully saturated rings. The number of hydrogen-bond acceptors (Lipinski definition) is 9. The van der Waals surface area contributed by atoms with Gasteiger partial charge in [-0.3, -0.25) is 0 Å². The normalized spacial score (nSPS) is 19.6. The fraction of sp³-hybridized carbons (Fsp3) is 0.700. The van der Waals surface area contributed by atoms with Crippen molar-refractivity contribution >= 4 is 11.8 Å². The molecule has 0 aliphatic carbocycles. The molecule has 9 nitrogen and oxygen atoms in total. The van der Waals surface area contributed by atoms with E-state index >= 15 is 0 Å². The standard InChI is InChI=1S/C20H31N7O2/c1-4-16-13-18(24-20(23-16)27-9-11-28-12-10-27)26-7-5-17(6-8-26)21-14(2)19-22-15(3)25-29-19/h13-14,17,21H,4-12H2,1-3H3/t14-/m1/s1. The first-order chi connectivity index (χ1) is 14.1. The van der Waals surface area contributed by atoms with Crippen molar-refractivity contribution in [3.63, 3.8) is 0 Å². The third-order valence-electron chi connectivity index (χ3n) is 5.63. The fourth-order valence-corrected chi connectivity index (χ4v) is 3.91. The molecule has 0 spiro atoms. The Morgan fingerprint density at radius 2 is 1.86 bits per heavy atom. The second-order valence-corrected chi connectivity index (χ2v) is 7.80. The van der Waals surface area contributed by atoms with Crippen LogP contribution in [0, 0.1) is 6.92 Å². The Labute approximate surface area is 171 Å². The lowest BCUT2D eigenvalue weighted by Crippen LogP contribution is -2.44. The molecule has 0 saturated carbocycles. The summed E-state index contributed by atoms with van der Waals surface area (Å²) in [5, 5.41) is 7.51. The molecule has 2 saturated heterocycles. The fourth-order valence-electron chi connectivity index (χ4n) is 3.91. The number of anilines is 2. The summed E-state index contributed by atoms with van der Waals surface area (Å²) >= 11 is 0. The van der Waals surface area contributed by atoms with Crippen molar-refractivity contribution < 1.29 is 9.26 Å². The van der Waals surface area contributed by atoms with Gasteiger partial charge in [-0.1, -0.05) is 12.1 Å². The first-order valence-electron chi connectivity index (χ1n) is 10.6. The maximum Gasteiger partial charge on any atom is 0.243 e. The van der Waals surface area contributed by atoms with Crippen LogP contribution in [0.15, 0.2) is 10.6 Å². The van der Waals surface area contributed by atoms with E-state index in [9.17, 15) is 0 Å². The van der Waals surface area contributed by atoms with E-state index in [1.165, 1.54) is 0 Å². The molecule has 0 bridgehead atoms. The summed E-state index contributed by atoms with van der Waals surface area (Å²) < 4.78 is 10.8. The van der Waals surface area contributed by atoms with Crippen LogP contribution in [-0.2, 0) is 11.2 Å². The summed E-state index contributed by atoms with van der Waals surface area (Å²) in [6.45, 7) is 11.2. The number of morpholine rings is 1. The minimum atomic E-state index is 0.0615. The van der Waals surface area contributed by atoms with Gasteiger partial charge in [-0.25, -0.2) is 4.98 Å².